The van der Waals surface area contributed by atoms with Crippen molar-refractivity contribution in [2.24, 2.45) is 5.92 Å². The van der Waals surface area contributed by atoms with Crippen molar-refractivity contribution >= 4 is 34.2 Å². The second-order valence-corrected chi connectivity index (χ2v) is 6.08. The van der Waals surface area contributed by atoms with Gasteiger partial charge in [-0.15, -0.1) is 11.6 Å². The summed E-state index contributed by atoms with van der Waals surface area (Å²) >= 11 is 12.3. The summed E-state index contributed by atoms with van der Waals surface area (Å²) in [7, 11) is 0. The molecule has 4 heteroatoms. The number of benzene rings is 1. The molecule has 1 aromatic carbocycles. The minimum atomic E-state index is 0.572. The largest absolute Gasteiger partial charge is 0.323 e. The maximum Gasteiger partial charge on any atom is 0.111 e. The normalized spacial score (nSPS) is 22.1. The third-order valence-corrected chi connectivity index (χ3v) is 4.42. The van der Waals surface area contributed by atoms with Crippen LogP contribution < -0.4 is 0 Å². The van der Waals surface area contributed by atoms with Gasteiger partial charge in [0.2, 0.25) is 0 Å². The quantitative estimate of drug-likeness (QED) is 0.723. The topological polar surface area (TPSA) is 17.8 Å². The average Bonchev–Trinajstić information content (AvgIpc) is 3.03. The smallest absolute Gasteiger partial charge is 0.111 e. The molecule has 0 spiro atoms. The number of rotatable bonds is 5. The number of aromatic nitrogens is 2. The lowest BCUT2D eigenvalue weighted by Gasteiger charge is -2.09. The Morgan fingerprint density at radius 1 is 1.42 bits per heavy atom. The third kappa shape index (κ3) is 2.36. The molecule has 2 aromatic rings. The first-order valence-corrected chi connectivity index (χ1v) is 7.88. The Morgan fingerprint density at radius 2 is 2.26 bits per heavy atom. The van der Waals surface area contributed by atoms with Gasteiger partial charge in [0.15, 0.2) is 0 Å². The molecule has 2 unspecified atom stereocenters. The minimum Gasteiger partial charge on any atom is -0.323 e. The predicted molar refractivity (Wildman–Crippen MR) is 81.2 cm³/mol. The van der Waals surface area contributed by atoms with Gasteiger partial charge in [-0.2, -0.15) is 0 Å². The van der Waals surface area contributed by atoms with Crippen molar-refractivity contribution < 1.29 is 0 Å². The van der Waals surface area contributed by atoms with Crippen LogP contribution in [-0.4, -0.2) is 15.4 Å². The molecule has 2 nitrogen and oxygen atoms in total. The number of hydrogen-bond donors (Lipinski definition) is 0. The Morgan fingerprint density at radius 3 is 3.00 bits per heavy atom. The van der Waals surface area contributed by atoms with E-state index in [4.69, 9.17) is 28.2 Å². The fourth-order valence-corrected chi connectivity index (χ4v) is 3.43. The summed E-state index contributed by atoms with van der Waals surface area (Å²) in [6.07, 6.45) is 4.59. The van der Waals surface area contributed by atoms with Gasteiger partial charge < -0.3 is 4.57 Å². The van der Waals surface area contributed by atoms with Crippen LogP contribution in [0.5, 0.6) is 0 Å². The van der Waals surface area contributed by atoms with E-state index in [2.05, 4.69) is 11.5 Å². The maximum absolute atomic E-state index is 6.38. The Kier molecular flexibility index (Phi) is 3.72. The van der Waals surface area contributed by atoms with Crippen molar-refractivity contribution in [3.63, 3.8) is 0 Å². The van der Waals surface area contributed by atoms with E-state index in [1.54, 1.807) is 0 Å². The van der Waals surface area contributed by atoms with Gasteiger partial charge >= 0.3 is 0 Å². The molecular weight excluding hydrogens is 279 g/mol. The summed E-state index contributed by atoms with van der Waals surface area (Å²) in [5.41, 5.74) is 2.09. The van der Waals surface area contributed by atoms with E-state index in [-0.39, 0.29) is 0 Å². The zero-order valence-corrected chi connectivity index (χ0v) is 12.6. The van der Waals surface area contributed by atoms with E-state index in [9.17, 15) is 0 Å². The number of aryl methyl sites for hydroxylation is 1. The van der Waals surface area contributed by atoms with Crippen LogP contribution in [0.25, 0.3) is 11.0 Å². The van der Waals surface area contributed by atoms with E-state index in [0.717, 1.165) is 34.2 Å². The van der Waals surface area contributed by atoms with Gasteiger partial charge in [-0.3, -0.25) is 0 Å². The van der Waals surface area contributed by atoms with Crippen LogP contribution in [0.1, 0.15) is 38.1 Å². The summed E-state index contributed by atoms with van der Waals surface area (Å²) in [4.78, 5) is 4.71. The van der Waals surface area contributed by atoms with Gasteiger partial charge in [0.05, 0.1) is 16.1 Å². The highest BCUT2D eigenvalue weighted by atomic mass is 35.5. The van der Waals surface area contributed by atoms with E-state index < -0.39 is 0 Å². The van der Waals surface area contributed by atoms with Crippen LogP contribution >= 0.6 is 23.2 Å². The molecule has 19 heavy (non-hydrogen) atoms. The molecule has 0 bridgehead atoms. The second kappa shape index (κ2) is 5.34. The van der Waals surface area contributed by atoms with Gasteiger partial charge in [0.1, 0.15) is 5.82 Å². The molecule has 0 amide bonds. The molecule has 0 saturated heterocycles. The first-order valence-electron chi connectivity index (χ1n) is 6.97. The number of para-hydroxylation sites is 1. The third-order valence-electron chi connectivity index (χ3n) is 3.93. The summed E-state index contributed by atoms with van der Waals surface area (Å²) in [5.74, 6) is 2.47. The lowest BCUT2D eigenvalue weighted by atomic mass is 10.2. The van der Waals surface area contributed by atoms with Crippen molar-refractivity contribution in [3.05, 3.63) is 29.0 Å². The molecule has 1 saturated carbocycles. The molecule has 1 fully saturated rings. The van der Waals surface area contributed by atoms with Crippen molar-refractivity contribution in [2.45, 2.75) is 38.6 Å². The van der Waals surface area contributed by atoms with Crippen LogP contribution in [0, 0.1) is 5.92 Å². The molecule has 1 aromatic heterocycles. The maximum atomic E-state index is 6.38. The number of hydrogen-bond acceptors (Lipinski definition) is 1. The molecule has 0 aliphatic heterocycles. The second-order valence-electron chi connectivity index (χ2n) is 5.30. The average molecular weight is 297 g/mol. The van der Waals surface area contributed by atoms with Crippen molar-refractivity contribution in [1.82, 2.24) is 9.55 Å². The zero-order valence-electron chi connectivity index (χ0n) is 11.1. The van der Waals surface area contributed by atoms with Gasteiger partial charge in [0.25, 0.3) is 0 Å². The molecule has 1 aliphatic carbocycles. The van der Waals surface area contributed by atoms with Gasteiger partial charge in [-0.05, 0) is 30.9 Å². The van der Waals surface area contributed by atoms with Crippen molar-refractivity contribution in [1.29, 1.82) is 0 Å². The van der Waals surface area contributed by atoms with Crippen LogP contribution in [0.15, 0.2) is 18.2 Å². The van der Waals surface area contributed by atoms with Gasteiger partial charge in [-0.25, -0.2) is 4.98 Å². The van der Waals surface area contributed by atoms with Gasteiger partial charge in [0, 0.05) is 18.3 Å². The standard InChI is InChI=1S/C15H18Cl2N2/c1-2-4-10-9-13(10)19-14(7-8-16)18-12-6-3-5-11(17)15(12)19/h3,5-6,10,13H,2,4,7-9H2,1H3. The fourth-order valence-electron chi connectivity index (χ4n) is 3.00. The molecule has 102 valence electrons. The molecule has 3 rings (SSSR count). The van der Waals surface area contributed by atoms with E-state index in [1.807, 2.05) is 18.2 Å². The number of halogens is 2. The summed E-state index contributed by atoms with van der Waals surface area (Å²) in [6, 6.07) is 6.52. The van der Waals surface area contributed by atoms with E-state index >= 15 is 0 Å². The van der Waals surface area contributed by atoms with E-state index in [1.165, 1.54) is 19.3 Å². The molecule has 1 heterocycles. The Balaban J connectivity index is 2.07. The Hall–Kier alpha value is -0.730. The first kappa shape index (κ1) is 13.3. The lowest BCUT2D eigenvalue weighted by molar-refractivity contribution is 0.600. The van der Waals surface area contributed by atoms with Gasteiger partial charge in [-0.1, -0.05) is 31.0 Å². The summed E-state index contributed by atoms with van der Waals surface area (Å²) in [5, 5.41) is 0.799. The molecular formula is C15H18Cl2N2. The summed E-state index contributed by atoms with van der Waals surface area (Å²) in [6.45, 7) is 2.24. The lowest BCUT2D eigenvalue weighted by Crippen LogP contribution is -2.04. The first-order chi connectivity index (χ1) is 9.26. The molecule has 1 aliphatic rings. The fraction of sp³-hybridized carbons (Fsp3) is 0.533. The molecule has 2 atom stereocenters. The highest BCUT2D eigenvalue weighted by molar-refractivity contribution is 6.35. The number of imidazole rings is 1. The highest BCUT2D eigenvalue weighted by Crippen LogP contribution is 2.49. The number of nitrogens with zero attached hydrogens (tertiary/aromatic N) is 2. The Labute approximate surface area is 123 Å². The minimum absolute atomic E-state index is 0.572. The highest BCUT2D eigenvalue weighted by Gasteiger charge is 2.39. The Bertz CT molecular complexity index is 591. The van der Waals surface area contributed by atoms with Crippen LogP contribution in [0.2, 0.25) is 5.02 Å². The predicted octanol–water partition coefficient (Wildman–Crippen LogP) is 4.83. The van der Waals surface area contributed by atoms with E-state index in [0.29, 0.717) is 11.9 Å². The van der Waals surface area contributed by atoms with Crippen LogP contribution in [0.4, 0.5) is 0 Å². The van der Waals surface area contributed by atoms with Crippen LogP contribution in [0.3, 0.4) is 0 Å². The summed E-state index contributed by atoms with van der Waals surface area (Å²) < 4.78 is 2.35. The number of alkyl halides is 1. The van der Waals surface area contributed by atoms with Crippen molar-refractivity contribution in [3.8, 4) is 0 Å². The monoisotopic (exact) mass is 296 g/mol. The SMILES string of the molecule is CCCC1CC1n1c(CCCl)nc2cccc(Cl)c21. The molecule has 0 radical (unpaired) electrons. The molecule has 0 N–H and O–H groups in total. The zero-order chi connectivity index (χ0) is 13.4. The number of fused-ring (bicyclic) bond motifs is 1. The van der Waals surface area contributed by atoms with Crippen molar-refractivity contribution in [2.75, 3.05) is 5.88 Å². The van der Waals surface area contributed by atoms with Crippen LogP contribution in [-0.2, 0) is 6.42 Å².